The van der Waals surface area contributed by atoms with Gasteiger partial charge in [-0.05, 0) is 57.4 Å². The fourth-order valence-corrected chi connectivity index (χ4v) is 4.37. The number of pyridine rings is 1. The molecule has 0 amide bonds. The van der Waals surface area contributed by atoms with Gasteiger partial charge in [0.2, 0.25) is 0 Å². The molecule has 1 aliphatic rings. The third-order valence-corrected chi connectivity index (χ3v) is 6.24. The van der Waals surface area contributed by atoms with Gasteiger partial charge in [-0.1, -0.05) is 11.6 Å². The van der Waals surface area contributed by atoms with Gasteiger partial charge in [-0.25, -0.2) is 9.97 Å². The molecule has 147 valence electrons. The number of imidazole rings is 1. The number of aryl methyl sites for hydroxylation is 2. The number of benzene rings is 1. The zero-order valence-corrected chi connectivity index (χ0v) is 17.3. The molecule has 0 bridgehead atoms. The summed E-state index contributed by atoms with van der Waals surface area (Å²) in [4.78, 5) is 16.8. The van der Waals surface area contributed by atoms with E-state index in [0.717, 1.165) is 63.9 Å². The van der Waals surface area contributed by atoms with Gasteiger partial charge in [0.05, 0.1) is 34.7 Å². The summed E-state index contributed by atoms with van der Waals surface area (Å²) in [5.41, 5.74) is 5.26. The highest BCUT2D eigenvalue weighted by atomic mass is 35.5. The van der Waals surface area contributed by atoms with Crippen molar-refractivity contribution in [2.24, 2.45) is 0 Å². The molecule has 8 heteroatoms. The standard InChI is InChI=1S/C21H21ClN7/c1-13-11-17(18(12-23-13)29-24-8-9-25-29)28-10-4-7-21(28,3)20-26-16-6-5-15(22)14(2)19(16)27-20/h5-6,8-9,11H,4,7,10H2,1-3H3,(H,26,27)/t21-/m0/s1. The smallest absolute Gasteiger partial charge is 0.137 e. The Morgan fingerprint density at radius 3 is 2.79 bits per heavy atom. The van der Waals surface area contributed by atoms with Crippen molar-refractivity contribution in [2.75, 3.05) is 11.4 Å². The summed E-state index contributed by atoms with van der Waals surface area (Å²) in [6.07, 6.45) is 8.47. The molecule has 1 N–H and O–H groups in total. The van der Waals surface area contributed by atoms with Gasteiger partial charge in [-0.3, -0.25) is 0 Å². The van der Waals surface area contributed by atoms with Gasteiger partial charge in [-0.2, -0.15) is 10.2 Å². The second kappa shape index (κ2) is 6.56. The number of fused-ring (bicyclic) bond motifs is 1. The van der Waals surface area contributed by atoms with Gasteiger partial charge in [0.15, 0.2) is 0 Å². The van der Waals surface area contributed by atoms with E-state index in [4.69, 9.17) is 16.6 Å². The lowest BCUT2D eigenvalue weighted by molar-refractivity contribution is 0.465. The first kappa shape index (κ1) is 18.1. The van der Waals surface area contributed by atoms with Gasteiger partial charge >= 0.3 is 0 Å². The number of nitrogens with one attached hydrogen (secondary N) is 1. The maximum absolute atomic E-state index is 6.32. The van der Waals surface area contributed by atoms with E-state index in [1.807, 2.05) is 26.0 Å². The van der Waals surface area contributed by atoms with Gasteiger partial charge in [0, 0.05) is 17.3 Å². The van der Waals surface area contributed by atoms with Gasteiger partial charge < -0.3 is 9.88 Å². The molecule has 1 aromatic carbocycles. The van der Waals surface area contributed by atoms with Crippen LogP contribution in [0.25, 0.3) is 16.7 Å². The van der Waals surface area contributed by atoms with Crippen molar-refractivity contribution in [3.63, 3.8) is 0 Å². The molecule has 1 radical (unpaired) electrons. The maximum atomic E-state index is 6.32. The largest absolute Gasteiger partial charge is 0.357 e. The average molecular weight is 407 g/mol. The zero-order chi connectivity index (χ0) is 20.2. The van der Waals surface area contributed by atoms with Crippen LogP contribution in [0.15, 0.2) is 30.6 Å². The van der Waals surface area contributed by atoms with Crippen LogP contribution < -0.4 is 4.90 Å². The first-order valence-electron chi connectivity index (χ1n) is 9.66. The van der Waals surface area contributed by atoms with E-state index in [9.17, 15) is 0 Å². The van der Waals surface area contributed by atoms with Crippen LogP contribution in [0.5, 0.6) is 0 Å². The highest BCUT2D eigenvalue weighted by molar-refractivity contribution is 6.32. The molecular formula is C21H21ClN7. The molecule has 0 unspecified atom stereocenters. The van der Waals surface area contributed by atoms with E-state index in [2.05, 4.69) is 44.3 Å². The molecule has 29 heavy (non-hydrogen) atoms. The number of hydrogen-bond donors (Lipinski definition) is 1. The minimum absolute atomic E-state index is 0.304. The summed E-state index contributed by atoms with van der Waals surface area (Å²) in [5, 5.41) is 9.32. The molecule has 0 saturated carbocycles. The van der Waals surface area contributed by atoms with Crippen molar-refractivity contribution in [1.82, 2.24) is 29.9 Å². The predicted octanol–water partition coefficient (Wildman–Crippen LogP) is 4.12. The molecule has 1 fully saturated rings. The molecule has 0 spiro atoms. The number of nitrogens with zero attached hydrogens (tertiary/aromatic N) is 6. The number of halogens is 1. The molecule has 0 aliphatic carbocycles. The summed E-state index contributed by atoms with van der Waals surface area (Å²) >= 11 is 6.32. The third kappa shape index (κ3) is 2.80. The monoisotopic (exact) mass is 406 g/mol. The van der Waals surface area contributed by atoms with Crippen LogP contribution in [-0.2, 0) is 5.54 Å². The van der Waals surface area contributed by atoms with Crippen molar-refractivity contribution in [2.45, 2.75) is 39.2 Å². The lowest BCUT2D eigenvalue weighted by Gasteiger charge is -2.36. The molecule has 5 rings (SSSR count). The SMILES string of the molecule is Cc1cc(N2CCC[C@@]2(C)c2nc3c(C)c(Cl)ccc3[nH]2)c(-n2nccn2)[c]n1. The van der Waals surface area contributed by atoms with Crippen molar-refractivity contribution < 1.29 is 0 Å². The second-order valence-corrected chi connectivity index (χ2v) is 8.15. The van der Waals surface area contributed by atoms with E-state index in [-0.39, 0.29) is 5.54 Å². The minimum atomic E-state index is -0.304. The Morgan fingerprint density at radius 1 is 1.21 bits per heavy atom. The Bertz CT molecular complexity index is 1200. The molecule has 1 aliphatic heterocycles. The first-order valence-corrected chi connectivity index (χ1v) is 10.0. The summed E-state index contributed by atoms with van der Waals surface area (Å²) < 4.78 is 0. The topological polar surface area (TPSA) is 75.5 Å². The highest BCUT2D eigenvalue weighted by Gasteiger charge is 2.42. The number of aromatic nitrogens is 6. The number of aromatic amines is 1. The van der Waals surface area contributed by atoms with E-state index in [0.29, 0.717) is 0 Å². The summed E-state index contributed by atoms with van der Waals surface area (Å²) in [6, 6.07) is 5.98. The molecule has 1 atom stereocenters. The summed E-state index contributed by atoms with van der Waals surface area (Å²) in [6.45, 7) is 7.11. The second-order valence-electron chi connectivity index (χ2n) is 7.74. The van der Waals surface area contributed by atoms with Crippen LogP contribution in [0, 0.1) is 20.0 Å². The van der Waals surface area contributed by atoms with Crippen LogP contribution in [0.2, 0.25) is 5.02 Å². The van der Waals surface area contributed by atoms with E-state index >= 15 is 0 Å². The van der Waals surface area contributed by atoms with E-state index in [1.165, 1.54) is 0 Å². The quantitative estimate of drug-likeness (QED) is 0.553. The molecule has 7 nitrogen and oxygen atoms in total. The lowest BCUT2D eigenvalue weighted by Crippen LogP contribution is -2.40. The Hall–Kier alpha value is -2.93. The van der Waals surface area contributed by atoms with Gasteiger partial charge in [0.25, 0.3) is 0 Å². The van der Waals surface area contributed by atoms with Crippen LogP contribution in [0.1, 0.15) is 36.8 Å². The average Bonchev–Trinajstić information content (AvgIpc) is 3.44. The van der Waals surface area contributed by atoms with Crippen molar-refractivity contribution in [3.05, 3.63) is 58.9 Å². The number of anilines is 1. The lowest BCUT2D eigenvalue weighted by atomic mass is 9.97. The van der Waals surface area contributed by atoms with Crippen molar-refractivity contribution in [1.29, 1.82) is 0 Å². The van der Waals surface area contributed by atoms with Gasteiger partial charge in [0.1, 0.15) is 17.7 Å². The van der Waals surface area contributed by atoms with Crippen LogP contribution in [0.3, 0.4) is 0 Å². The molecule has 1 saturated heterocycles. The van der Waals surface area contributed by atoms with Gasteiger partial charge in [-0.15, -0.1) is 4.80 Å². The van der Waals surface area contributed by atoms with Crippen molar-refractivity contribution >= 4 is 28.3 Å². The Labute approximate surface area is 173 Å². The third-order valence-electron chi connectivity index (χ3n) is 5.83. The Balaban J connectivity index is 1.66. The molecular weight excluding hydrogens is 386 g/mol. The normalized spacial score (nSPS) is 19.4. The highest BCUT2D eigenvalue weighted by Crippen LogP contribution is 2.43. The summed E-state index contributed by atoms with van der Waals surface area (Å²) in [5.74, 6) is 0.934. The fourth-order valence-electron chi connectivity index (χ4n) is 4.22. The fraction of sp³-hybridized carbons (Fsp3) is 0.333. The number of rotatable bonds is 3. The molecule has 4 aromatic rings. The van der Waals surface area contributed by atoms with Crippen LogP contribution in [0.4, 0.5) is 5.69 Å². The van der Waals surface area contributed by atoms with E-state index in [1.54, 1.807) is 17.2 Å². The minimum Gasteiger partial charge on any atom is -0.357 e. The number of hydrogen-bond acceptors (Lipinski definition) is 5. The zero-order valence-electron chi connectivity index (χ0n) is 16.6. The predicted molar refractivity (Wildman–Crippen MR) is 112 cm³/mol. The summed E-state index contributed by atoms with van der Waals surface area (Å²) in [7, 11) is 0. The Kier molecular flexibility index (Phi) is 4.10. The Morgan fingerprint density at radius 2 is 2.00 bits per heavy atom. The molecule has 3 aromatic heterocycles. The first-order chi connectivity index (χ1) is 14.0. The maximum Gasteiger partial charge on any atom is 0.137 e. The van der Waals surface area contributed by atoms with E-state index < -0.39 is 0 Å². The van der Waals surface area contributed by atoms with Crippen molar-refractivity contribution in [3.8, 4) is 5.69 Å². The number of H-pyrrole nitrogens is 1. The molecule has 4 heterocycles. The van der Waals surface area contributed by atoms with Crippen LogP contribution >= 0.6 is 11.6 Å². The van der Waals surface area contributed by atoms with Crippen LogP contribution in [-0.4, -0.2) is 36.5 Å².